The maximum Gasteiger partial charge on any atom is 0.263 e. The Morgan fingerprint density at radius 3 is 3.20 bits per heavy atom. The summed E-state index contributed by atoms with van der Waals surface area (Å²) in [6.45, 7) is 4.22. The number of nitrogen functional groups attached to an aromatic ring is 1. The summed E-state index contributed by atoms with van der Waals surface area (Å²) in [5.41, 5.74) is 9.13. The molecule has 1 aliphatic rings. The predicted octanol–water partition coefficient (Wildman–Crippen LogP) is 2.67. The summed E-state index contributed by atoms with van der Waals surface area (Å²) in [6, 6.07) is 2.11. The maximum absolute atomic E-state index is 12.1. The van der Waals surface area contributed by atoms with Crippen molar-refractivity contribution in [3.8, 4) is 0 Å². The molecule has 0 aliphatic heterocycles. The van der Waals surface area contributed by atoms with Gasteiger partial charge in [0.2, 0.25) is 0 Å². The van der Waals surface area contributed by atoms with Crippen LogP contribution in [0.1, 0.15) is 33.8 Å². The van der Waals surface area contributed by atoms with Crippen LogP contribution in [0.4, 0.5) is 5.69 Å². The average Bonchev–Trinajstić information content (AvgIpc) is 3.01. The van der Waals surface area contributed by atoms with Crippen molar-refractivity contribution in [1.29, 1.82) is 0 Å². The van der Waals surface area contributed by atoms with Crippen LogP contribution in [0.25, 0.3) is 10.2 Å². The molecule has 0 aromatic carbocycles. The van der Waals surface area contributed by atoms with Gasteiger partial charge in [-0.2, -0.15) is 0 Å². The van der Waals surface area contributed by atoms with Gasteiger partial charge in [0.25, 0.3) is 5.91 Å². The zero-order chi connectivity index (χ0) is 14.1. The molecular weight excluding hydrogens is 270 g/mol. The van der Waals surface area contributed by atoms with E-state index in [0.29, 0.717) is 17.1 Å². The monoisotopic (exact) mass is 287 g/mol. The number of nitrogens with zero attached hydrogens (tertiary/aromatic N) is 1. The van der Waals surface area contributed by atoms with Crippen molar-refractivity contribution in [3.05, 3.63) is 34.9 Å². The first kappa shape index (κ1) is 13.1. The molecule has 0 spiro atoms. The van der Waals surface area contributed by atoms with E-state index in [2.05, 4.69) is 22.9 Å². The fourth-order valence-electron chi connectivity index (χ4n) is 2.53. The zero-order valence-corrected chi connectivity index (χ0v) is 12.1. The number of nitrogens with two attached hydrogens (primary N) is 1. The fourth-order valence-corrected chi connectivity index (χ4v) is 3.55. The molecule has 0 saturated heterocycles. The van der Waals surface area contributed by atoms with Gasteiger partial charge in [0.05, 0.1) is 5.69 Å². The van der Waals surface area contributed by atoms with Crippen molar-refractivity contribution >= 4 is 33.1 Å². The summed E-state index contributed by atoms with van der Waals surface area (Å²) in [7, 11) is 0. The number of nitrogens with one attached hydrogen (secondary N) is 1. The van der Waals surface area contributed by atoms with Gasteiger partial charge in [-0.15, -0.1) is 17.9 Å². The SMILES string of the molecule is C=CCCNC(=O)c1sc2nc3c(cc2c1N)CCC3. The number of thiophene rings is 1. The van der Waals surface area contributed by atoms with Gasteiger partial charge in [0, 0.05) is 17.6 Å². The maximum atomic E-state index is 12.1. The molecule has 0 atom stereocenters. The third kappa shape index (κ3) is 2.18. The van der Waals surface area contributed by atoms with Crippen LogP contribution in [0, 0.1) is 0 Å². The lowest BCUT2D eigenvalue weighted by Gasteiger charge is -2.02. The molecule has 0 fully saturated rings. The van der Waals surface area contributed by atoms with Gasteiger partial charge in [-0.1, -0.05) is 6.08 Å². The Bertz CT molecular complexity index is 690. The van der Waals surface area contributed by atoms with Gasteiger partial charge in [-0.3, -0.25) is 4.79 Å². The Hall–Kier alpha value is -1.88. The normalized spacial score (nSPS) is 13.4. The quantitative estimate of drug-likeness (QED) is 0.671. The molecule has 2 aromatic heterocycles. The number of hydrogen-bond donors (Lipinski definition) is 2. The fraction of sp³-hybridized carbons (Fsp3) is 0.333. The van der Waals surface area contributed by atoms with Gasteiger partial charge in [0.15, 0.2) is 0 Å². The first-order valence-electron chi connectivity index (χ1n) is 6.80. The number of aryl methyl sites for hydroxylation is 2. The molecule has 20 heavy (non-hydrogen) atoms. The number of aromatic nitrogens is 1. The molecule has 0 saturated carbocycles. The van der Waals surface area contributed by atoms with E-state index in [1.807, 2.05) is 0 Å². The van der Waals surface area contributed by atoms with Crippen LogP contribution in [-0.4, -0.2) is 17.4 Å². The number of carbonyl (C=O) groups is 1. The summed E-state index contributed by atoms with van der Waals surface area (Å²) < 4.78 is 0. The number of amides is 1. The van der Waals surface area contributed by atoms with E-state index < -0.39 is 0 Å². The van der Waals surface area contributed by atoms with Crippen molar-refractivity contribution in [2.75, 3.05) is 12.3 Å². The van der Waals surface area contributed by atoms with E-state index in [4.69, 9.17) is 5.73 Å². The largest absolute Gasteiger partial charge is 0.397 e. The van der Waals surface area contributed by atoms with Gasteiger partial charge in [-0.05, 0) is 37.3 Å². The highest BCUT2D eigenvalue weighted by molar-refractivity contribution is 7.21. The standard InChI is InChI=1S/C15H17N3OS/c1-2-3-7-17-14(19)13-12(16)10-8-9-5-4-6-11(9)18-15(10)20-13/h2,8H,1,3-7,16H2,(H,17,19). The summed E-state index contributed by atoms with van der Waals surface area (Å²) >= 11 is 1.38. The van der Waals surface area contributed by atoms with Crippen LogP contribution < -0.4 is 11.1 Å². The Morgan fingerprint density at radius 2 is 2.40 bits per heavy atom. The highest BCUT2D eigenvalue weighted by Crippen LogP contribution is 2.35. The number of rotatable bonds is 4. The molecular formula is C15H17N3OS. The third-order valence-electron chi connectivity index (χ3n) is 3.59. The van der Waals surface area contributed by atoms with E-state index in [-0.39, 0.29) is 5.91 Å². The second-order valence-electron chi connectivity index (χ2n) is 4.98. The topological polar surface area (TPSA) is 68.0 Å². The number of carbonyl (C=O) groups excluding carboxylic acids is 1. The highest BCUT2D eigenvalue weighted by Gasteiger charge is 2.20. The van der Waals surface area contributed by atoms with Crippen LogP contribution in [0.15, 0.2) is 18.7 Å². The Balaban J connectivity index is 1.94. The van der Waals surface area contributed by atoms with E-state index in [1.54, 1.807) is 6.08 Å². The molecule has 0 radical (unpaired) electrons. The lowest BCUT2D eigenvalue weighted by atomic mass is 10.1. The zero-order valence-electron chi connectivity index (χ0n) is 11.2. The first-order chi connectivity index (χ1) is 9.70. The van der Waals surface area contributed by atoms with Crippen molar-refractivity contribution in [1.82, 2.24) is 10.3 Å². The van der Waals surface area contributed by atoms with Gasteiger partial charge >= 0.3 is 0 Å². The molecule has 3 rings (SSSR count). The summed E-state index contributed by atoms with van der Waals surface area (Å²) in [5.74, 6) is -0.118. The molecule has 1 aliphatic carbocycles. The predicted molar refractivity (Wildman–Crippen MR) is 83.2 cm³/mol. The second kappa shape index (κ2) is 5.25. The van der Waals surface area contributed by atoms with Gasteiger partial charge in [-0.25, -0.2) is 4.98 Å². The summed E-state index contributed by atoms with van der Waals surface area (Å²) in [4.78, 5) is 18.2. The van der Waals surface area contributed by atoms with E-state index in [0.717, 1.165) is 41.6 Å². The molecule has 1 amide bonds. The van der Waals surface area contributed by atoms with Crippen LogP contribution in [-0.2, 0) is 12.8 Å². The molecule has 4 nitrogen and oxygen atoms in total. The van der Waals surface area contributed by atoms with Crippen molar-refractivity contribution in [2.45, 2.75) is 25.7 Å². The van der Waals surface area contributed by atoms with Crippen molar-refractivity contribution in [2.24, 2.45) is 0 Å². The highest BCUT2D eigenvalue weighted by atomic mass is 32.1. The average molecular weight is 287 g/mol. The second-order valence-corrected chi connectivity index (χ2v) is 5.98. The lowest BCUT2D eigenvalue weighted by Crippen LogP contribution is -2.23. The summed E-state index contributed by atoms with van der Waals surface area (Å²) in [5, 5.41) is 3.77. The molecule has 2 aromatic rings. The minimum absolute atomic E-state index is 0.118. The molecule has 5 heteroatoms. The minimum atomic E-state index is -0.118. The van der Waals surface area contributed by atoms with E-state index in [9.17, 15) is 4.79 Å². The number of fused-ring (bicyclic) bond motifs is 2. The molecule has 2 heterocycles. The molecule has 0 unspecified atom stereocenters. The number of hydrogen-bond acceptors (Lipinski definition) is 4. The van der Waals surface area contributed by atoms with Crippen molar-refractivity contribution < 1.29 is 4.79 Å². The van der Waals surface area contributed by atoms with Crippen LogP contribution in [0.2, 0.25) is 0 Å². The Morgan fingerprint density at radius 1 is 1.55 bits per heavy atom. The minimum Gasteiger partial charge on any atom is -0.397 e. The molecule has 3 N–H and O–H groups in total. The van der Waals surface area contributed by atoms with Crippen LogP contribution >= 0.6 is 11.3 Å². The third-order valence-corrected chi connectivity index (χ3v) is 4.70. The lowest BCUT2D eigenvalue weighted by molar-refractivity contribution is 0.0959. The molecule has 104 valence electrons. The van der Waals surface area contributed by atoms with Crippen molar-refractivity contribution in [3.63, 3.8) is 0 Å². The summed E-state index contributed by atoms with van der Waals surface area (Å²) in [6.07, 6.45) is 5.79. The van der Waals surface area contributed by atoms with E-state index in [1.165, 1.54) is 16.9 Å². The van der Waals surface area contributed by atoms with Gasteiger partial charge in [0.1, 0.15) is 9.71 Å². The number of anilines is 1. The smallest absolute Gasteiger partial charge is 0.263 e. The Labute approximate surface area is 121 Å². The van der Waals surface area contributed by atoms with E-state index >= 15 is 0 Å². The molecule has 0 bridgehead atoms. The first-order valence-corrected chi connectivity index (χ1v) is 7.62. The number of pyridine rings is 1. The van der Waals surface area contributed by atoms with Gasteiger partial charge < -0.3 is 11.1 Å². The van der Waals surface area contributed by atoms with Crippen LogP contribution in [0.3, 0.4) is 0 Å². The van der Waals surface area contributed by atoms with Crippen LogP contribution in [0.5, 0.6) is 0 Å². The Kier molecular flexibility index (Phi) is 3.44.